The van der Waals surface area contributed by atoms with Gasteiger partial charge in [-0.3, -0.25) is 4.90 Å². The largest absolute Gasteiger partial charge is 0.493 e. The van der Waals surface area contributed by atoms with Gasteiger partial charge in [0.25, 0.3) is 0 Å². The Morgan fingerprint density at radius 3 is 2.40 bits per heavy atom. The number of likely N-dealkylation sites (N-methyl/N-ethyl adjacent to an activating group) is 1. The molecule has 0 radical (unpaired) electrons. The van der Waals surface area contributed by atoms with E-state index in [4.69, 9.17) is 9.47 Å². The van der Waals surface area contributed by atoms with Crippen LogP contribution < -0.4 is 9.47 Å². The van der Waals surface area contributed by atoms with Crippen LogP contribution in [0.2, 0.25) is 0 Å². The molecule has 20 heavy (non-hydrogen) atoms. The van der Waals surface area contributed by atoms with Gasteiger partial charge in [0, 0.05) is 31.7 Å². The zero-order valence-electron chi connectivity index (χ0n) is 12.3. The van der Waals surface area contributed by atoms with Gasteiger partial charge < -0.3 is 14.4 Å². The summed E-state index contributed by atoms with van der Waals surface area (Å²) in [5.41, 5.74) is 0.874. The quantitative estimate of drug-likeness (QED) is 0.833. The first-order valence-corrected chi connectivity index (χ1v) is 6.74. The molecule has 0 saturated carbocycles. The average Bonchev–Trinajstić information content (AvgIpc) is 2.49. The molecule has 0 bridgehead atoms. The molecule has 1 aliphatic rings. The van der Waals surface area contributed by atoms with Crippen LogP contribution in [0.4, 0.5) is 0 Å². The van der Waals surface area contributed by atoms with Gasteiger partial charge in [-0.1, -0.05) is 12.1 Å². The van der Waals surface area contributed by atoms with Crippen LogP contribution in [0.25, 0.3) is 0 Å². The smallest absolute Gasteiger partial charge is 0.166 e. The van der Waals surface area contributed by atoms with E-state index < -0.39 is 0 Å². The fraction of sp³-hybridized carbons (Fsp3) is 0.533. The van der Waals surface area contributed by atoms with E-state index in [-0.39, 0.29) is 6.04 Å². The van der Waals surface area contributed by atoms with Crippen molar-refractivity contribution in [1.29, 1.82) is 5.26 Å². The zero-order chi connectivity index (χ0) is 14.5. The molecule has 0 spiro atoms. The Balaban J connectivity index is 2.30. The van der Waals surface area contributed by atoms with Crippen LogP contribution in [0, 0.1) is 11.3 Å². The van der Waals surface area contributed by atoms with Crippen molar-refractivity contribution in [1.82, 2.24) is 9.80 Å². The molecule has 1 aromatic rings. The van der Waals surface area contributed by atoms with Gasteiger partial charge in [-0.05, 0) is 13.1 Å². The summed E-state index contributed by atoms with van der Waals surface area (Å²) in [6, 6.07) is 7.79. The standard InChI is InChI=1S/C15H21N3O2/c1-17-7-9-18(10-8-17)13(11-16)12-5-4-6-14(19-2)15(12)20-3/h4-6,13H,7-10H2,1-3H3. The van der Waals surface area contributed by atoms with Gasteiger partial charge in [0.2, 0.25) is 0 Å². The maximum absolute atomic E-state index is 9.58. The number of piperazine rings is 1. The van der Waals surface area contributed by atoms with Gasteiger partial charge in [-0.25, -0.2) is 0 Å². The molecule has 0 aromatic heterocycles. The predicted molar refractivity (Wildman–Crippen MR) is 77.0 cm³/mol. The van der Waals surface area contributed by atoms with Crippen molar-refractivity contribution >= 4 is 0 Å². The van der Waals surface area contributed by atoms with E-state index in [1.807, 2.05) is 18.2 Å². The average molecular weight is 275 g/mol. The van der Waals surface area contributed by atoms with Crippen LogP contribution in [0.1, 0.15) is 11.6 Å². The van der Waals surface area contributed by atoms with Crippen LogP contribution >= 0.6 is 0 Å². The molecule has 1 fully saturated rings. The second-order valence-electron chi connectivity index (χ2n) is 4.95. The SMILES string of the molecule is COc1cccc(C(C#N)N2CCN(C)CC2)c1OC. The number of rotatable bonds is 4. The van der Waals surface area contributed by atoms with Crippen molar-refractivity contribution in [2.24, 2.45) is 0 Å². The highest BCUT2D eigenvalue weighted by Gasteiger charge is 2.27. The van der Waals surface area contributed by atoms with Crippen molar-refractivity contribution in [3.8, 4) is 17.6 Å². The maximum Gasteiger partial charge on any atom is 0.166 e. The van der Waals surface area contributed by atoms with E-state index in [1.54, 1.807) is 14.2 Å². The summed E-state index contributed by atoms with van der Waals surface area (Å²) >= 11 is 0. The number of nitrogens with zero attached hydrogens (tertiary/aromatic N) is 3. The lowest BCUT2D eigenvalue weighted by Crippen LogP contribution is -2.45. The van der Waals surface area contributed by atoms with Gasteiger partial charge >= 0.3 is 0 Å². The van der Waals surface area contributed by atoms with Crippen LogP contribution in [0.3, 0.4) is 0 Å². The molecule has 1 saturated heterocycles. The van der Waals surface area contributed by atoms with Gasteiger partial charge in [-0.2, -0.15) is 5.26 Å². The maximum atomic E-state index is 9.58. The Hall–Kier alpha value is -1.77. The second kappa shape index (κ2) is 6.60. The first kappa shape index (κ1) is 14.6. The van der Waals surface area contributed by atoms with Crippen LogP contribution in [-0.4, -0.2) is 57.2 Å². The number of methoxy groups -OCH3 is 2. The highest BCUT2D eigenvalue weighted by Crippen LogP contribution is 2.36. The summed E-state index contributed by atoms with van der Waals surface area (Å²) in [6.07, 6.45) is 0. The molecule has 1 atom stereocenters. The highest BCUT2D eigenvalue weighted by molar-refractivity contribution is 5.49. The van der Waals surface area contributed by atoms with Gasteiger partial charge in [0.15, 0.2) is 11.5 Å². The van der Waals surface area contributed by atoms with E-state index in [1.165, 1.54) is 0 Å². The fourth-order valence-electron chi connectivity index (χ4n) is 2.56. The molecule has 5 nitrogen and oxygen atoms in total. The van der Waals surface area contributed by atoms with E-state index >= 15 is 0 Å². The Bertz CT molecular complexity index is 490. The minimum Gasteiger partial charge on any atom is -0.493 e. The fourth-order valence-corrected chi connectivity index (χ4v) is 2.56. The molecule has 108 valence electrons. The Morgan fingerprint density at radius 1 is 1.15 bits per heavy atom. The normalized spacial score (nSPS) is 18.3. The topological polar surface area (TPSA) is 48.7 Å². The summed E-state index contributed by atoms with van der Waals surface area (Å²) in [4.78, 5) is 4.46. The summed E-state index contributed by atoms with van der Waals surface area (Å²) < 4.78 is 10.8. The molecule has 1 heterocycles. The molecular formula is C15H21N3O2. The minimum absolute atomic E-state index is 0.297. The minimum atomic E-state index is -0.297. The molecule has 1 aliphatic heterocycles. The molecule has 2 rings (SSSR count). The first-order valence-electron chi connectivity index (χ1n) is 6.74. The third kappa shape index (κ3) is 2.87. The molecule has 1 aromatic carbocycles. The number of hydrogen-bond donors (Lipinski definition) is 0. The lowest BCUT2D eigenvalue weighted by atomic mass is 10.0. The summed E-state index contributed by atoms with van der Waals surface area (Å²) in [5.74, 6) is 1.32. The number of benzene rings is 1. The Morgan fingerprint density at radius 2 is 1.85 bits per heavy atom. The van der Waals surface area contributed by atoms with Crippen LogP contribution in [0.15, 0.2) is 18.2 Å². The molecule has 1 unspecified atom stereocenters. The zero-order valence-corrected chi connectivity index (χ0v) is 12.3. The van der Waals surface area contributed by atoms with E-state index in [0.29, 0.717) is 11.5 Å². The lowest BCUT2D eigenvalue weighted by molar-refractivity contribution is 0.131. The lowest BCUT2D eigenvalue weighted by Gasteiger charge is -2.35. The highest BCUT2D eigenvalue weighted by atomic mass is 16.5. The molecule has 0 amide bonds. The van der Waals surface area contributed by atoms with E-state index in [2.05, 4.69) is 22.9 Å². The van der Waals surface area contributed by atoms with Crippen LogP contribution in [0.5, 0.6) is 11.5 Å². The van der Waals surface area contributed by atoms with Crippen molar-refractivity contribution in [2.45, 2.75) is 6.04 Å². The van der Waals surface area contributed by atoms with E-state index in [0.717, 1.165) is 31.7 Å². The van der Waals surface area contributed by atoms with Crippen molar-refractivity contribution in [2.75, 3.05) is 47.4 Å². The second-order valence-corrected chi connectivity index (χ2v) is 4.95. The molecule has 0 aliphatic carbocycles. The van der Waals surface area contributed by atoms with E-state index in [9.17, 15) is 5.26 Å². The molecule has 5 heteroatoms. The number of ether oxygens (including phenoxy) is 2. The molecule has 0 N–H and O–H groups in total. The first-order chi connectivity index (χ1) is 9.71. The van der Waals surface area contributed by atoms with Crippen molar-refractivity contribution < 1.29 is 9.47 Å². The van der Waals surface area contributed by atoms with Gasteiger partial charge in [-0.15, -0.1) is 0 Å². The molecular weight excluding hydrogens is 254 g/mol. The number of para-hydroxylation sites is 1. The van der Waals surface area contributed by atoms with Gasteiger partial charge in [0.05, 0.1) is 20.3 Å². The van der Waals surface area contributed by atoms with Crippen LogP contribution in [-0.2, 0) is 0 Å². The Kier molecular flexibility index (Phi) is 4.83. The van der Waals surface area contributed by atoms with Crippen molar-refractivity contribution in [3.63, 3.8) is 0 Å². The van der Waals surface area contributed by atoms with Crippen molar-refractivity contribution in [3.05, 3.63) is 23.8 Å². The third-order valence-corrected chi connectivity index (χ3v) is 3.75. The Labute approximate surface area is 120 Å². The monoisotopic (exact) mass is 275 g/mol. The summed E-state index contributed by atoms with van der Waals surface area (Å²) in [7, 11) is 5.32. The number of nitriles is 1. The third-order valence-electron chi connectivity index (χ3n) is 3.75. The number of hydrogen-bond acceptors (Lipinski definition) is 5. The predicted octanol–water partition coefficient (Wildman–Crippen LogP) is 1.52. The summed E-state index contributed by atoms with van der Waals surface area (Å²) in [6.45, 7) is 3.72. The summed E-state index contributed by atoms with van der Waals surface area (Å²) in [5, 5.41) is 9.58. The van der Waals surface area contributed by atoms with Gasteiger partial charge in [0.1, 0.15) is 6.04 Å².